The highest BCUT2D eigenvalue weighted by Crippen LogP contribution is 2.43. The normalized spacial score (nSPS) is 29.4. The Bertz CT molecular complexity index is 1060. The summed E-state index contributed by atoms with van der Waals surface area (Å²) in [6, 6.07) is 3.33. The molecule has 0 spiro atoms. The Labute approximate surface area is 169 Å². The van der Waals surface area contributed by atoms with Crippen molar-refractivity contribution in [2.75, 3.05) is 12.3 Å². The average molecular weight is 442 g/mol. The highest BCUT2D eigenvalue weighted by Gasteiger charge is 2.57. The fourth-order valence-electron chi connectivity index (χ4n) is 3.06. The van der Waals surface area contributed by atoms with E-state index in [9.17, 15) is 29.7 Å². The first-order valence-corrected chi connectivity index (χ1v) is 10.1. The number of fused-ring (bicyclic) bond motifs is 1. The molecule has 0 aliphatic carbocycles. The van der Waals surface area contributed by atoms with E-state index in [0.717, 1.165) is 13.3 Å². The van der Waals surface area contributed by atoms with E-state index in [0.29, 0.717) is 5.52 Å². The summed E-state index contributed by atoms with van der Waals surface area (Å²) in [4.78, 5) is 24.4. The number of carboxylic acid groups (broad SMARTS) is 1. The van der Waals surface area contributed by atoms with E-state index in [1.165, 1.54) is 16.6 Å². The molecule has 0 amide bonds. The molecule has 0 bridgehead atoms. The predicted molar refractivity (Wildman–Crippen MR) is 97.6 cm³/mol. The fraction of sp³-hybridized carbons (Fsp3) is 0.467. The molecule has 2 aromatic rings. The van der Waals surface area contributed by atoms with Crippen LogP contribution in [0.25, 0.3) is 5.52 Å². The van der Waals surface area contributed by atoms with Crippen molar-refractivity contribution in [3.8, 4) is 6.07 Å². The number of aliphatic hydroxyl groups is 2. The largest absolute Gasteiger partial charge is 0.480 e. The van der Waals surface area contributed by atoms with Crippen LogP contribution in [0.1, 0.15) is 12.6 Å². The topological polar surface area (TPSA) is 226 Å². The molecule has 1 aliphatic heterocycles. The Hall–Kier alpha value is -2.63. The van der Waals surface area contributed by atoms with Gasteiger partial charge in [-0.25, -0.2) is 19.2 Å². The number of aliphatic carboxylic acids is 1. The van der Waals surface area contributed by atoms with Crippen molar-refractivity contribution in [3.63, 3.8) is 0 Å². The van der Waals surface area contributed by atoms with Crippen molar-refractivity contribution in [2.45, 2.75) is 36.9 Å². The summed E-state index contributed by atoms with van der Waals surface area (Å²) >= 11 is 0. The Balaban J connectivity index is 1.84. The van der Waals surface area contributed by atoms with Crippen LogP contribution in [0.4, 0.5) is 5.82 Å². The van der Waals surface area contributed by atoms with Crippen molar-refractivity contribution in [1.82, 2.24) is 19.7 Å². The van der Waals surface area contributed by atoms with Crippen LogP contribution in [0.5, 0.6) is 0 Å². The number of carbonyl (C=O) groups is 1. The number of nitriles is 1. The average Bonchev–Trinajstić information content (AvgIpc) is 3.22. The maximum atomic E-state index is 12.0. The molecule has 6 atom stereocenters. The van der Waals surface area contributed by atoms with Gasteiger partial charge in [-0.15, -0.1) is 0 Å². The van der Waals surface area contributed by atoms with Crippen LogP contribution in [0.2, 0.25) is 0 Å². The quantitative estimate of drug-likeness (QED) is 0.264. The third-order valence-electron chi connectivity index (χ3n) is 4.63. The Morgan fingerprint density at radius 1 is 1.57 bits per heavy atom. The first-order chi connectivity index (χ1) is 14.0. The van der Waals surface area contributed by atoms with Crippen molar-refractivity contribution in [3.05, 3.63) is 24.2 Å². The zero-order valence-electron chi connectivity index (χ0n) is 15.5. The summed E-state index contributed by atoms with van der Waals surface area (Å²) in [5.74, 6) is -1.28. The Kier molecular flexibility index (Phi) is 5.81. The highest BCUT2D eigenvalue weighted by atomic mass is 31.2. The molecule has 3 heterocycles. The van der Waals surface area contributed by atoms with Gasteiger partial charge in [0.05, 0.1) is 12.3 Å². The maximum Gasteiger partial charge on any atom is 0.403 e. The van der Waals surface area contributed by atoms with Gasteiger partial charge in [0.1, 0.15) is 42.3 Å². The number of nitrogens with one attached hydrogen (secondary N) is 1. The zero-order chi connectivity index (χ0) is 22.3. The lowest BCUT2D eigenvalue weighted by Crippen LogP contribution is -2.41. The minimum Gasteiger partial charge on any atom is -0.480 e. The van der Waals surface area contributed by atoms with E-state index < -0.39 is 50.3 Å². The Morgan fingerprint density at radius 3 is 2.90 bits per heavy atom. The summed E-state index contributed by atoms with van der Waals surface area (Å²) < 4.78 is 23.6. The summed E-state index contributed by atoms with van der Waals surface area (Å²) in [5, 5.41) is 45.4. The summed E-state index contributed by atoms with van der Waals surface area (Å²) in [5.41, 5.74) is 4.05. The number of aliphatic hydroxyl groups excluding tert-OH is 2. The number of ether oxygens (including phenoxy) is 1. The van der Waals surface area contributed by atoms with Crippen molar-refractivity contribution < 1.29 is 38.8 Å². The number of nitrogens with two attached hydrogens (primary N) is 1. The van der Waals surface area contributed by atoms with Crippen LogP contribution < -0.4 is 10.8 Å². The summed E-state index contributed by atoms with van der Waals surface area (Å²) in [6.07, 6.45) is -3.71. The van der Waals surface area contributed by atoms with E-state index >= 15 is 0 Å². The molecular formula is C15H19N6O8P. The molecule has 3 rings (SSSR count). The SMILES string of the molecule is C[C@@H](NP(=O)(O)OC[C@@H]1O[C@@](C#N)(c2ccc3c(N)ncnn23)[C@@H](O)[C@H]1O)C(=O)O. The summed E-state index contributed by atoms with van der Waals surface area (Å²) in [7, 11) is -4.59. The molecule has 1 unspecified atom stereocenters. The molecule has 1 saturated heterocycles. The maximum absolute atomic E-state index is 12.0. The smallest absolute Gasteiger partial charge is 0.403 e. The molecular weight excluding hydrogens is 423 g/mol. The zero-order valence-corrected chi connectivity index (χ0v) is 16.4. The first-order valence-electron chi connectivity index (χ1n) is 8.54. The van der Waals surface area contributed by atoms with Gasteiger partial charge in [0, 0.05) is 0 Å². The van der Waals surface area contributed by atoms with E-state index in [1.807, 2.05) is 11.2 Å². The molecule has 1 fully saturated rings. The van der Waals surface area contributed by atoms with Crippen molar-refractivity contribution in [1.29, 1.82) is 5.26 Å². The number of carboxylic acids is 1. The predicted octanol–water partition coefficient (Wildman–Crippen LogP) is -1.67. The second-order valence-corrected chi connectivity index (χ2v) is 8.16. The van der Waals surface area contributed by atoms with Gasteiger partial charge in [-0.1, -0.05) is 0 Å². The number of aromatic nitrogens is 3. The monoisotopic (exact) mass is 442 g/mol. The number of hydrogen-bond donors (Lipinski definition) is 6. The van der Waals surface area contributed by atoms with Crippen LogP contribution in [-0.4, -0.2) is 71.7 Å². The molecule has 2 aromatic heterocycles. The number of anilines is 1. The number of nitrogen functional groups attached to an aromatic ring is 1. The number of hydrogen-bond acceptors (Lipinski definition) is 10. The Morgan fingerprint density at radius 2 is 2.27 bits per heavy atom. The molecule has 30 heavy (non-hydrogen) atoms. The lowest BCUT2D eigenvalue weighted by Gasteiger charge is -2.24. The fourth-order valence-corrected chi connectivity index (χ4v) is 4.09. The first kappa shape index (κ1) is 22.1. The van der Waals surface area contributed by atoms with E-state index in [4.69, 9.17) is 20.1 Å². The number of rotatable bonds is 7. The lowest BCUT2D eigenvalue weighted by atomic mass is 9.92. The van der Waals surface area contributed by atoms with Gasteiger partial charge in [-0.05, 0) is 19.1 Å². The molecule has 0 aromatic carbocycles. The van der Waals surface area contributed by atoms with Crippen LogP contribution >= 0.6 is 7.75 Å². The summed E-state index contributed by atoms with van der Waals surface area (Å²) in [6.45, 7) is 0.403. The molecule has 7 N–H and O–H groups in total. The molecule has 0 saturated carbocycles. The molecule has 162 valence electrons. The van der Waals surface area contributed by atoms with Gasteiger partial charge in [0.25, 0.3) is 0 Å². The number of nitrogens with zero attached hydrogens (tertiary/aromatic N) is 4. The van der Waals surface area contributed by atoms with Crippen LogP contribution in [0.15, 0.2) is 18.5 Å². The van der Waals surface area contributed by atoms with Crippen LogP contribution in [-0.2, 0) is 24.2 Å². The molecule has 1 aliphatic rings. The second-order valence-electron chi connectivity index (χ2n) is 6.61. The third kappa shape index (κ3) is 3.75. The van der Waals surface area contributed by atoms with Crippen LogP contribution in [0, 0.1) is 11.3 Å². The highest BCUT2D eigenvalue weighted by molar-refractivity contribution is 7.50. The van der Waals surface area contributed by atoms with E-state index in [2.05, 4.69) is 10.1 Å². The van der Waals surface area contributed by atoms with E-state index in [1.54, 1.807) is 0 Å². The third-order valence-corrected chi connectivity index (χ3v) is 5.84. The lowest BCUT2D eigenvalue weighted by molar-refractivity contribution is -0.138. The minimum absolute atomic E-state index is 0.0490. The second kappa shape index (κ2) is 7.89. The van der Waals surface area contributed by atoms with Gasteiger partial charge in [-0.3, -0.25) is 9.32 Å². The van der Waals surface area contributed by atoms with Gasteiger partial charge >= 0.3 is 13.7 Å². The molecule has 15 heteroatoms. The van der Waals surface area contributed by atoms with Crippen molar-refractivity contribution >= 4 is 25.1 Å². The molecule has 14 nitrogen and oxygen atoms in total. The minimum atomic E-state index is -4.59. The molecule has 0 radical (unpaired) electrons. The van der Waals surface area contributed by atoms with Gasteiger partial charge < -0.3 is 30.7 Å². The van der Waals surface area contributed by atoms with Crippen molar-refractivity contribution in [2.24, 2.45) is 0 Å². The van der Waals surface area contributed by atoms with E-state index in [-0.39, 0.29) is 11.5 Å². The van der Waals surface area contributed by atoms with Crippen LogP contribution in [0.3, 0.4) is 0 Å². The van der Waals surface area contributed by atoms with Gasteiger partial charge in [0.15, 0.2) is 5.82 Å². The standard InChI is InChI=1S/C15H19N6O8P/c1-7(14(24)25)20-30(26,27)28-4-9-11(22)12(23)15(5-16,29-9)10-3-2-8-13(17)18-6-19-21(8)10/h2-3,6-7,9,11-12,22-23H,4H2,1H3,(H,24,25)(H2,17,18,19)(H2,20,26,27)/t7-,9+,11+,12+,15+/m1/s1. The van der Waals surface area contributed by atoms with Gasteiger partial charge in [0.2, 0.25) is 5.60 Å². The van der Waals surface area contributed by atoms with Gasteiger partial charge in [-0.2, -0.15) is 10.4 Å².